The Labute approximate surface area is 97.9 Å². The second-order valence-electron chi connectivity index (χ2n) is 5.09. The Hall–Kier alpha value is -1.09. The van der Waals surface area contributed by atoms with E-state index in [-0.39, 0.29) is 5.54 Å². The second-order valence-corrected chi connectivity index (χ2v) is 5.09. The minimum absolute atomic E-state index is 0.255. The first-order valence-corrected chi connectivity index (χ1v) is 6.02. The average molecular weight is 219 g/mol. The van der Waals surface area contributed by atoms with Crippen LogP contribution in [-0.2, 0) is 6.54 Å². The molecule has 0 spiro atoms. The van der Waals surface area contributed by atoms with Crippen LogP contribution in [0.5, 0.6) is 0 Å². The number of pyridine rings is 1. The minimum atomic E-state index is 0.255. The molecule has 3 nitrogen and oxygen atoms in total. The molecule has 1 aromatic heterocycles. The normalized spacial score (nSPS) is 19.1. The highest BCUT2D eigenvalue weighted by Gasteiger charge is 2.32. The van der Waals surface area contributed by atoms with Gasteiger partial charge in [0.15, 0.2) is 0 Å². The van der Waals surface area contributed by atoms with Crippen LogP contribution in [0.3, 0.4) is 0 Å². The maximum atomic E-state index is 4.70. The van der Waals surface area contributed by atoms with Gasteiger partial charge in [-0.25, -0.2) is 4.98 Å². The van der Waals surface area contributed by atoms with Crippen LogP contribution in [0.2, 0.25) is 0 Å². The van der Waals surface area contributed by atoms with Gasteiger partial charge in [0.1, 0.15) is 5.82 Å². The third kappa shape index (κ3) is 2.19. The number of aromatic nitrogens is 1. The summed E-state index contributed by atoms with van der Waals surface area (Å²) in [4.78, 5) is 7.13. The van der Waals surface area contributed by atoms with E-state index in [1.54, 1.807) is 0 Å². The largest absolute Gasteiger partial charge is 0.351 e. The molecule has 16 heavy (non-hydrogen) atoms. The van der Waals surface area contributed by atoms with Gasteiger partial charge in [-0.05, 0) is 45.9 Å². The maximum Gasteiger partial charge on any atom is 0.129 e. The van der Waals surface area contributed by atoms with E-state index in [1.807, 2.05) is 7.05 Å². The molecule has 1 N–H and O–H groups in total. The topological polar surface area (TPSA) is 28.2 Å². The predicted octanol–water partition coefficient (Wildman–Crippen LogP) is 2.18. The van der Waals surface area contributed by atoms with Gasteiger partial charge in [-0.1, -0.05) is 6.07 Å². The quantitative estimate of drug-likeness (QED) is 0.844. The molecule has 0 bridgehead atoms. The summed E-state index contributed by atoms with van der Waals surface area (Å²) < 4.78 is 0. The lowest BCUT2D eigenvalue weighted by atomic mass is 10.0. The van der Waals surface area contributed by atoms with Crippen molar-refractivity contribution in [2.24, 2.45) is 0 Å². The van der Waals surface area contributed by atoms with E-state index in [4.69, 9.17) is 4.98 Å². The van der Waals surface area contributed by atoms with Gasteiger partial charge in [-0.2, -0.15) is 0 Å². The van der Waals surface area contributed by atoms with Crippen molar-refractivity contribution < 1.29 is 0 Å². The minimum Gasteiger partial charge on any atom is -0.351 e. The average Bonchev–Trinajstić information content (AvgIpc) is 2.59. The van der Waals surface area contributed by atoms with Gasteiger partial charge >= 0.3 is 0 Å². The van der Waals surface area contributed by atoms with E-state index >= 15 is 0 Å². The first-order valence-electron chi connectivity index (χ1n) is 6.02. The molecule has 88 valence electrons. The highest BCUT2D eigenvalue weighted by molar-refractivity contribution is 5.43. The van der Waals surface area contributed by atoms with Crippen LogP contribution in [0.4, 0.5) is 5.82 Å². The van der Waals surface area contributed by atoms with Crippen molar-refractivity contribution in [3.8, 4) is 0 Å². The Bertz CT molecular complexity index is 360. The van der Waals surface area contributed by atoms with E-state index in [0.717, 1.165) is 24.6 Å². The van der Waals surface area contributed by atoms with Crippen LogP contribution in [0, 0.1) is 0 Å². The number of hydrogen-bond acceptors (Lipinski definition) is 3. The molecule has 0 saturated carbocycles. The van der Waals surface area contributed by atoms with E-state index in [0.29, 0.717) is 0 Å². The fourth-order valence-corrected chi connectivity index (χ4v) is 2.43. The SMILES string of the molecule is CNCc1cccc(N2CCCC2(C)C)n1. The number of nitrogens with zero attached hydrogens (tertiary/aromatic N) is 2. The maximum absolute atomic E-state index is 4.70. The molecule has 1 fully saturated rings. The Balaban J connectivity index is 2.23. The first-order chi connectivity index (χ1) is 7.63. The molecular formula is C13H21N3. The highest BCUT2D eigenvalue weighted by Crippen LogP contribution is 2.32. The zero-order valence-electron chi connectivity index (χ0n) is 10.5. The lowest BCUT2D eigenvalue weighted by Crippen LogP contribution is -2.38. The van der Waals surface area contributed by atoms with Crippen molar-refractivity contribution in [2.75, 3.05) is 18.5 Å². The number of anilines is 1. The molecule has 1 aromatic rings. The second kappa shape index (κ2) is 4.42. The van der Waals surface area contributed by atoms with Gasteiger partial charge in [0.2, 0.25) is 0 Å². The van der Waals surface area contributed by atoms with Crippen LogP contribution >= 0.6 is 0 Å². The predicted molar refractivity (Wildman–Crippen MR) is 67.7 cm³/mol. The molecule has 3 heteroatoms. The van der Waals surface area contributed by atoms with Gasteiger partial charge < -0.3 is 10.2 Å². The fraction of sp³-hybridized carbons (Fsp3) is 0.615. The summed E-state index contributed by atoms with van der Waals surface area (Å²) in [5, 5.41) is 3.14. The van der Waals surface area contributed by atoms with Crippen LogP contribution in [0.15, 0.2) is 18.2 Å². The summed E-state index contributed by atoms with van der Waals surface area (Å²) in [6, 6.07) is 6.29. The molecule has 0 aliphatic carbocycles. The van der Waals surface area contributed by atoms with Gasteiger partial charge in [-0.3, -0.25) is 0 Å². The monoisotopic (exact) mass is 219 g/mol. The molecule has 0 amide bonds. The smallest absolute Gasteiger partial charge is 0.129 e. The zero-order chi connectivity index (χ0) is 11.6. The molecule has 2 rings (SSSR count). The number of nitrogens with one attached hydrogen (secondary N) is 1. The van der Waals surface area contributed by atoms with Gasteiger partial charge in [0.25, 0.3) is 0 Å². The Morgan fingerprint density at radius 2 is 2.25 bits per heavy atom. The van der Waals surface area contributed by atoms with Gasteiger partial charge in [0, 0.05) is 18.6 Å². The van der Waals surface area contributed by atoms with E-state index in [2.05, 4.69) is 42.3 Å². The summed E-state index contributed by atoms with van der Waals surface area (Å²) in [5.41, 5.74) is 1.37. The van der Waals surface area contributed by atoms with E-state index < -0.39 is 0 Å². The third-order valence-corrected chi connectivity index (χ3v) is 3.33. The molecular weight excluding hydrogens is 198 g/mol. The summed E-state index contributed by atoms with van der Waals surface area (Å²) in [5.74, 6) is 1.12. The molecule has 1 aliphatic rings. The van der Waals surface area contributed by atoms with E-state index in [1.165, 1.54) is 12.8 Å². The van der Waals surface area contributed by atoms with Crippen LogP contribution < -0.4 is 10.2 Å². The molecule has 1 aliphatic heterocycles. The Morgan fingerprint density at radius 3 is 2.88 bits per heavy atom. The van der Waals surface area contributed by atoms with Crippen molar-refractivity contribution in [2.45, 2.75) is 38.8 Å². The number of hydrogen-bond donors (Lipinski definition) is 1. The van der Waals surface area contributed by atoms with Crippen molar-refractivity contribution in [1.29, 1.82) is 0 Å². The molecule has 2 heterocycles. The summed E-state index contributed by atoms with van der Waals surface area (Å²) in [6.07, 6.45) is 2.52. The van der Waals surface area contributed by atoms with Gasteiger partial charge in [-0.15, -0.1) is 0 Å². The highest BCUT2D eigenvalue weighted by atomic mass is 15.3. The van der Waals surface area contributed by atoms with Crippen molar-refractivity contribution in [3.63, 3.8) is 0 Å². The van der Waals surface area contributed by atoms with E-state index in [9.17, 15) is 0 Å². The third-order valence-electron chi connectivity index (χ3n) is 3.33. The summed E-state index contributed by atoms with van der Waals surface area (Å²) in [6.45, 7) is 6.56. The summed E-state index contributed by atoms with van der Waals surface area (Å²) >= 11 is 0. The lowest BCUT2D eigenvalue weighted by molar-refractivity contribution is 0.513. The zero-order valence-corrected chi connectivity index (χ0v) is 10.5. The number of rotatable bonds is 3. The van der Waals surface area contributed by atoms with Crippen molar-refractivity contribution in [1.82, 2.24) is 10.3 Å². The summed E-state index contributed by atoms with van der Waals surface area (Å²) in [7, 11) is 1.95. The molecule has 0 unspecified atom stereocenters. The molecule has 0 atom stereocenters. The van der Waals surface area contributed by atoms with Crippen LogP contribution in [0.25, 0.3) is 0 Å². The molecule has 0 aromatic carbocycles. The molecule has 1 saturated heterocycles. The van der Waals surface area contributed by atoms with Gasteiger partial charge in [0.05, 0.1) is 5.69 Å². The molecule has 0 radical (unpaired) electrons. The fourth-order valence-electron chi connectivity index (χ4n) is 2.43. The van der Waals surface area contributed by atoms with Crippen LogP contribution in [0.1, 0.15) is 32.4 Å². The van der Waals surface area contributed by atoms with Crippen LogP contribution in [-0.4, -0.2) is 24.1 Å². The van der Waals surface area contributed by atoms with Crippen molar-refractivity contribution in [3.05, 3.63) is 23.9 Å². The Kier molecular flexibility index (Phi) is 3.15. The lowest BCUT2D eigenvalue weighted by Gasteiger charge is -2.32. The standard InChI is InChI=1S/C13H21N3/c1-13(2)8-5-9-16(13)12-7-4-6-11(15-12)10-14-3/h4,6-7,14H,5,8-10H2,1-3H3. The van der Waals surface area contributed by atoms with Crippen molar-refractivity contribution >= 4 is 5.82 Å². The first kappa shape index (κ1) is 11.4. The Morgan fingerprint density at radius 1 is 1.44 bits per heavy atom.